The first kappa shape index (κ1) is 23.6. The Morgan fingerprint density at radius 1 is 1.26 bits per heavy atom. The fourth-order valence-electron chi connectivity index (χ4n) is 3.23. The molecule has 1 aliphatic carbocycles. The number of hydrogen-bond donors (Lipinski definition) is 2. The maximum atomic E-state index is 12.9. The van der Waals surface area contributed by atoms with Crippen LogP contribution in [0.4, 0.5) is 13.2 Å². The summed E-state index contributed by atoms with van der Waals surface area (Å²) in [7, 11) is 0. The van der Waals surface area contributed by atoms with E-state index < -0.39 is 30.0 Å². The van der Waals surface area contributed by atoms with Crippen molar-refractivity contribution in [2.75, 3.05) is 0 Å². The van der Waals surface area contributed by atoms with Crippen LogP contribution in [-0.2, 0) is 0 Å². The summed E-state index contributed by atoms with van der Waals surface area (Å²) in [5.74, 6) is -1.13. The third kappa shape index (κ3) is 5.52. The summed E-state index contributed by atoms with van der Waals surface area (Å²) in [4.78, 5) is 36.8. The van der Waals surface area contributed by atoms with Crippen molar-refractivity contribution in [3.63, 3.8) is 0 Å². The van der Waals surface area contributed by atoms with Gasteiger partial charge in [-0.05, 0) is 38.0 Å². The molecule has 1 atom stereocenters. The highest BCUT2D eigenvalue weighted by atomic mass is 19.4. The lowest BCUT2D eigenvalue weighted by Crippen LogP contribution is -2.29. The van der Waals surface area contributed by atoms with Gasteiger partial charge in [-0.25, -0.2) is 15.0 Å². The molecule has 35 heavy (non-hydrogen) atoms. The molecular weight excluding hydrogens is 469 g/mol. The highest BCUT2D eigenvalue weighted by Gasteiger charge is 2.33. The van der Waals surface area contributed by atoms with E-state index in [0.29, 0.717) is 5.82 Å². The van der Waals surface area contributed by atoms with Gasteiger partial charge in [0.1, 0.15) is 17.8 Å². The summed E-state index contributed by atoms with van der Waals surface area (Å²) >= 11 is 0. The number of ether oxygens (including phenoxy) is 1. The number of nitriles is 1. The molecule has 1 aliphatic rings. The molecule has 0 spiro atoms. The van der Waals surface area contributed by atoms with Crippen LogP contribution in [0.25, 0.3) is 5.82 Å². The summed E-state index contributed by atoms with van der Waals surface area (Å²) in [6.45, 7) is 1.59. The SMILES string of the molecule is C[C@H](NC(=O)c1cc(C#N)cc(OC(F)(F)F)c1)c1nc(C2CC2)nn1-c1cc(C(N)=O)ncn1. The van der Waals surface area contributed by atoms with Crippen molar-refractivity contribution >= 4 is 11.8 Å². The highest BCUT2D eigenvalue weighted by Crippen LogP contribution is 2.38. The number of carbonyl (C=O) groups excluding carboxylic acids is 2. The molecule has 2 aromatic heterocycles. The van der Waals surface area contributed by atoms with Crippen LogP contribution >= 0.6 is 0 Å². The van der Waals surface area contributed by atoms with Crippen molar-refractivity contribution in [1.82, 2.24) is 30.0 Å². The van der Waals surface area contributed by atoms with E-state index in [0.717, 1.165) is 37.4 Å². The number of benzene rings is 1. The molecule has 3 N–H and O–H groups in total. The second-order valence-electron chi connectivity index (χ2n) is 7.74. The van der Waals surface area contributed by atoms with Gasteiger partial charge in [-0.2, -0.15) is 9.94 Å². The Hall–Kier alpha value is -4.54. The van der Waals surface area contributed by atoms with Gasteiger partial charge in [-0.15, -0.1) is 18.3 Å². The Morgan fingerprint density at radius 2 is 2.00 bits per heavy atom. The molecule has 0 bridgehead atoms. The minimum Gasteiger partial charge on any atom is -0.406 e. The lowest BCUT2D eigenvalue weighted by atomic mass is 10.1. The zero-order chi connectivity index (χ0) is 25.3. The molecule has 0 saturated heterocycles. The number of carbonyl (C=O) groups is 2. The number of rotatable bonds is 7. The highest BCUT2D eigenvalue weighted by molar-refractivity contribution is 5.95. The summed E-state index contributed by atoms with van der Waals surface area (Å²) in [5, 5.41) is 16.2. The number of nitrogens with zero attached hydrogens (tertiary/aromatic N) is 6. The van der Waals surface area contributed by atoms with Crippen molar-refractivity contribution in [1.29, 1.82) is 5.26 Å². The number of hydrogen-bond acceptors (Lipinski definition) is 8. The van der Waals surface area contributed by atoms with E-state index in [4.69, 9.17) is 11.0 Å². The normalized spacial score (nSPS) is 14.1. The maximum absolute atomic E-state index is 12.9. The van der Waals surface area contributed by atoms with Crippen LogP contribution in [0.5, 0.6) is 5.75 Å². The average molecular weight is 486 g/mol. The quantitative estimate of drug-likeness (QED) is 0.514. The van der Waals surface area contributed by atoms with Gasteiger partial charge in [0.2, 0.25) is 0 Å². The topological polar surface area (TPSA) is 162 Å². The number of primary amides is 1. The van der Waals surface area contributed by atoms with E-state index in [1.807, 2.05) is 0 Å². The van der Waals surface area contributed by atoms with Gasteiger partial charge in [0, 0.05) is 17.5 Å². The Bertz CT molecular complexity index is 1340. The van der Waals surface area contributed by atoms with Gasteiger partial charge < -0.3 is 15.8 Å². The number of amides is 2. The lowest BCUT2D eigenvalue weighted by molar-refractivity contribution is -0.274. The molecule has 11 nitrogen and oxygen atoms in total. The molecule has 1 saturated carbocycles. The van der Waals surface area contributed by atoms with Gasteiger partial charge in [-0.3, -0.25) is 9.59 Å². The van der Waals surface area contributed by atoms with E-state index in [1.54, 1.807) is 13.0 Å². The molecule has 1 fully saturated rings. The summed E-state index contributed by atoms with van der Waals surface area (Å²) < 4.78 is 43.1. The summed E-state index contributed by atoms with van der Waals surface area (Å²) in [6.07, 6.45) is -2.07. The van der Waals surface area contributed by atoms with Crippen LogP contribution in [0.1, 0.15) is 69.8 Å². The molecule has 0 radical (unpaired) electrons. The second-order valence-corrected chi connectivity index (χ2v) is 7.74. The van der Waals surface area contributed by atoms with Crippen molar-refractivity contribution in [2.45, 2.75) is 38.1 Å². The molecule has 14 heteroatoms. The maximum Gasteiger partial charge on any atom is 0.573 e. The van der Waals surface area contributed by atoms with E-state index in [9.17, 15) is 22.8 Å². The summed E-state index contributed by atoms with van der Waals surface area (Å²) in [6, 6.07) is 5.10. The minimum absolute atomic E-state index is 0.0494. The lowest BCUT2D eigenvalue weighted by Gasteiger charge is -2.15. The zero-order valence-electron chi connectivity index (χ0n) is 18.1. The fourth-order valence-corrected chi connectivity index (χ4v) is 3.23. The molecule has 3 aromatic rings. The molecule has 180 valence electrons. The van der Waals surface area contributed by atoms with Gasteiger partial charge in [0.15, 0.2) is 17.5 Å². The molecule has 0 aliphatic heterocycles. The van der Waals surface area contributed by atoms with Crippen LogP contribution in [0, 0.1) is 11.3 Å². The zero-order valence-corrected chi connectivity index (χ0v) is 18.1. The largest absolute Gasteiger partial charge is 0.573 e. The van der Waals surface area contributed by atoms with E-state index in [1.165, 1.54) is 10.7 Å². The Balaban J connectivity index is 1.64. The van der Waals surface area contributed by atoms with Crippen LogP contribution in [-0.4, -0.2) is 42.9 Å². The Kier molecular flexibility index (Phi) is 6.08. The van der Waals surface area contributed by atoms with Crippen molar-refractivity contribution in [3.8, 4) is 17.6 Å². The Labute approximate surface area is 195 Å². The van der Waals surface area contributed by atoms with E-state index in [-0.39, 0.29) is 34.4 Å². The van der Waals surface area contributed by atoms with Crippen LogP contribution in [0.15, 0.2) is 30.6 Å². The molecule has 2 amide bonds. The summed E-state index contributed by atoms with van der Waals surface area (Å²) in [5.41, 5.74) is 4.83. The number of nitrogens with one attached hydrogen (secondary N) is 1. The predicted molar refractivity (Wildman–Crippen MR) is 111 cm³/mol. The molecule has 2 heterocycles. The first-order chi connectivity index (χ1) is 16.5. The van der Waals surface area contributed by atoms with E-state index >= 15 is 0 Å². The van der Waals surface area contributed by atoms with Gasteiger partial charge in [0.25, 0.3) is 11.8 Å². The smallest absolute Gasteiger partial charge is 0.406 e. The van der Waals surface area contributed by atoms with Crippen LogP contribution < -0.4 is 15.8 Å². The second kappa shape index (κ2) is 9.01. The number of aromatic nitrogens is 5. The number of nitrogens with two attached hydrogens (primary N) is 1. The van der Waals surface area contributed by atoms with E-state index in [2.05, 4.69) is 30.1 Å². The van der Waals surface area contributed by atoms with Gasteiger partial charge in [-0.1, -0.05) is 0 Å². The third-order valence-corrected chi connectivity index (χ3v) is 4.98. The first-order valence-electron chi connectivity index (χ1n) is 10.2. The minimum atomic E-state index is -4.99. The Morgan fingerprint density at radius 3 is 2.63 bits per heavy atom. The van der Waals surface area contributed by atoms with Crippen molar-refractivity contribution in [3.05, 3.63) is 59.1 Å². The monoisotopic (exact) mass is 486 g/mol. The van der Waals surface area contributed by atoms with Crippen LogP contribution in [0.3, 0.4) is 0 Å². The molecule has 4 rings (SSSR count). The number of alkyl halides is 3. The first-order valence-corrected chi connectivity index (χ1v) is 10.2. The average Bonchev–Trinajstić information content (AvgIpc) is 3.55. The molecular formula is C21H17F3N8O3. The third-order valence-electron chi connectivity index (χ3n) is 4.98. The molecule has 0 unspecified atom stereocenters. The molecule has 1 aromatic carbocycles. The van der Waals surface area contributed by atoms with Crippen LogP contribution in [0.2, 0.25) is 0 Å². The number of halogens is 3. The van der Waals surface area contributed by atoms with Gasteiger partial charge in [0.05, 0.1) is 17.7 Å². The van der Waals surface area contributed by atoms with Crippen molar-refractivity contribution < 1.29 is 27.5 Å². The standard InChI is InChI=1S/C21H17F3N8O3/c1-10(29-20(34)13-4-11(8-25)5-14(6-13)35-21(22,23)24)19-30-18(12-2-3-12)31-32(19)16-7-15(17(26)33)27-9-28-16/h4-7,9-10,12H,2-3H2,1H3,(H2,26,33)(H,29,34)/t10-/m0/s1. The van der Waals surface area contributed by atoms with Crippen molar-refractivity contribution in [2.24, 2.45) is 5.73 Å². The fraction of sp³-hybridized carbons (Fsp3) is 0.286. The predicted octanol–water partition coefficient (Wildman–Crippen LogP) is 2.29. The van der Waals surface area contributed by atoms with Gasteiger partial charge >= 0.3 is 6.36 Å².